The maximum absolute atomic E-state index is 14.4. The molecule has 1 N–H and O–H groups in total. The van der Waals surface area contributed by atoms with Crippen molar-refractivity contribution in [2.75, 3.05) is 54.6 Å². The Bertz CT molecular complexity index is 1870. The summed E-state index contributed by atoms with van der Waals surface area (Å²) in [6, 6.07) is 20.7. The number of sulfonamides is 1. The quantitative estimate of drug-likeness (QED) is 0.231. The number of para-hydroxylation sites is 2. The Balaban J connectivity index is 0.997. The molecule has 1 aliphatic carbocycles. The van der Waals surface area contributed by atoms with Gasteiger partial charge in [-0.25, -0.2) is 17.8 Å². The number of carbonyl (C=O) groups excluding carboxylic acids is 1. The lowest BCUT2D eigenvalue weighted by Gasteiger charge is -2.25. The molecule has 2 fully saturated rings. The maximum atomic E-state index is 14.4. The van der Waals surface area contributed by atoms with Crippen LogP contribution in [-0.4, -0.2) is 68.3 Å². The van der Waals surface area contributed by atoms with E-state index in [4.69, 9.17) is 9.72 Å². The van der Waals surface area contributed by atoms with Crippen molar-refractivity contribution < 1.29 is 22.3 Å². The molecule has 246 valence electrons. The second-order valence-electron chi connectivity index (χ2n) is 12.3. The first kappa shape index (κ1) is 31.7. The van der Waals surface area contributed by atoms with Crippen molar-refractivity contribution in [2.45, 2.75) is 44.5 Å². The molecule has 1 saturated carbocycles. The number of benzene rings is 2. The monoisotopic (exact) mass is 675 g/mol. The number of fused-ring (bicyclic) bond motifs is 3. The highest BCUT2D eigenvalue weighted by Gasteiger charge is 2.40. The largest absolute Gasteiger partial charge is 0.355 e. The van der Waals surface area contributed by atoms with Gasteiger partial charge >= 0.3 is 0 Å². The van der Waals surface area contributed by atoms with Crippen LogP contribution < -0.4 is 15.1 Å². The zero-order valence-electron chi connectivity index (χ0n) is 26.3. The average molecular weight is 676 g/mol. The minimum Gasteiger partial charge on any atom is -0.355 e. The summed E-state index contributed by atoms with van der Waals surface area (Å²) in [5.41, 5.74) is 4.85. The Hall–Kier alpha value is -3.84. The van der Waals surface area contributed by atoms with Crippen molar-refractivity contribution >= 4 is 44.5 Å². The molecule has 4 heterocycles. The molecule has 3 aliphatic rings. The standard InChI is InChI=1S/C35H38FN5O4S2/c1-24-7-4-10-29(36)33(24)38-35(42)31-21-25-15-18-40(30-11-3-2-9-28(30)34(25)46-31)23-45-22-26-8-5-12-32(37-26)39-16-6-17-41(20-19-39)47(43,44)27-13-14-27/h2-5,7-12,21,27H,6,13-20,22-23H2,1H3,(H,38,42). The van der Waals surface area contributed by atoms with Gasteiger partial charge in [-0.15, -0.1) is 11.3 Å². The molecule has 2 aromatic carbocycles. The molecule has 4 aromatic rings. The molecule has 1 amide bonds. The number of nitrogens with one attached hydrogen (secondary N) is 1. The number of aromatic nitrogens is 1. The van der Waals surface area contributed by atoms with Gasteiger partial charge < -0.3 is 19.9 Å². The van der Waals surface area contributed by atoms with Crippen molar-refractivity contribution in [3.05, 3.63) is 94.2 Å². The number of aryl methyl sites for hydroxylation is 1. The van der Waals surface area contributed by atoms with Gasteiger partial charge in [0, 0.05) is 48.9 Å². The fraction of sp³-hybridized carbons (Fsp3) is 0.371. The second kappa shape index (κ2) is 13.3. The van der Waals surface area contributed by atoms with Crippen LogP contribution in [0, 0.1) is 12.7 Å². The number of ether oxygens (including phenoxy) is 1. The Labute approximate surface area is 279 Å². The van der Waals surface area contributed by atoms with Crippen LogP contribution in [0.25, 0.3) is 10.4 Å². The van der Waals surface area contributed by atoms with E-state index in [9.17, 15) is 17.6 Å². The van der Waals surface area contributed by atoms with E-state index in [1.165, 1.54) is 17.4 Å². The first-order valence-corrected chi connectivity index (χ1v) is 18.4. The van der Waals surface area contributed by atoms with E-state index in [2.05, 4.69) is 27.2 Å². The van der Waals surface area contributed by atoms with E-state index in [1.807, 2.05) is 36.4 Å². The molecule has 1 saturated heterocycles. The van der Waals surface area contributed by atoms with Gasteiger partial charge in [-0.2, -0.15) is 4.31 Å². The number of hydrogen-bond acceptors (Lipinski definition) is 8. The van der Waals surface area contributed by atoms with Crippen LogP contribution in [-0.2, 0) is 27.8 Å². The molecule has 2 aromatic heterocycles. The number of carbonyl (C=O) groups is 1. The molecule has 2 aliphatic heterocycles. The fourth-order valence-corrected chi connectivity index (χ4v) is 9.32. The highest BCUT2D eigenvalue weighted by atomic mass is 32.2. The van der Waals surface area contributed by atoms with Gasteiger partial charge in [0.25, 0.3) is 5.91 Å². The van der Waals surface area contributed by atoms with E-state index >= 15 is 0 Å². The average Bonchev–Trinajstić information content (AvgIpc) is 3.90. The first-order valence-electron chi connectivity index (χ1n) is 16.1. The Morgan fingerprint density at radius 3 is 2.68 bits per heavy atom. The summed E-state index contributed by atoms with van der Waals surface area (Å²) in [5, 5.41) is 2.58. The van der Waals surface area contributed by atoms with E-state index in [0.29, 0.717) is 50.0 Å². The molecule has 0 atom stereocenters. The van der Waals surface area contributed by atoms with Crippen molar-refractivity contribution in [3.8, 4) is 10.4 Å². The number of amides is 1. The van der Waals surface area contributed by atoms with Crippen LogP contribution in [0.1, 0.15) is 45.8 Å². The van der Waals surface area contributed by atoms with Gasteiger partial charge in [0.15, 0.2) is 0 Å². The van der Waals surface area contributed by atoms with E-state index in [0.717, 1.165) is 65.4 Å². The molecule has 12 heteroatoms. The summed E-state index contributed by atoms with van der Waals surface area (Å²) in [7, 11) is -3.18. The number of halogens is 1. The van der Waals surface area contributed by atoms with Gasteiger partial charge in [-0.3, -0.25) is 4.79 Å². The molecule has 0 bridgehead atoms. The number of thiophene rings is 1. The fourth-order valence-electron chi connectivity index (χ4n) is 6.31. The minimum absolute atomic E-state index is 0.184. The second-order valence-corrected chi connectivity index (χ2v) is 15.6. The van der Waals surface area contributed by atoms with Crippen molar-refractivity contribution in [3.63, 3.8) is 0 Å². The first-order chi connectivity index (χ1) is 22.8. The van der Waals surface area contributed by atoms with Gasteiger partial charge in [-0.05, 0) is 74.1 Å². The van der Waals surface area contributed by atoms with Crippen molar-refractivity contribution in [2.24, 2.45) is 0 Å². The van der Waals surface area contributed by atoms with Crippen LogP contribution in [0.3, 0.4) is 0 Å². The molecule has 0 radical (unpaired) electrons. The van der Waals surface area contributed by atoms with Crippen LogP contribution in [0.5, 0.6) is 0 Å². The lowest BCUT2D eigenvalue weighted by molar-refractivity contribution is 0.102. The summed E-state index contributed by atoms with van der Waals surface area (Å²) in [5.74, 6) is 0.0743. The zero-order chi connectivity index (χ0) is 32.5. The van der Waals surface area contributed by atoms with Gasteiger partial charge in [-0.1, -0.05) is 36.4 Å². The third kappa shape index (κ3) is 6.78. The number of hydrogen-bond donors (Lipinski definition) is 1. The van der Waals surface area contributed by atoms with E-state index in [1.54, 1.807) is 23.4 Å². The van der Waals surface area contributed by atoms with Gasteiger partial charge in [0.05, 0.1) is 28.1 Å². The highest BCUT2D eigenvalue weighted by Crippen LogP contribution is 2.41. The lowest BCUT2D eigenvalue weighted by atomic mass is 10.1. The third-order valence-electron chi connectivity index (χ3n) is 9.01. The molecule has 0 unspecified atom stereocenters. The Morgan fingerprint density at radius 2 is 1.85 bits per heavy atom. The van der Waals surface area contributed by atoms with Crippen LogP contribution in [0.4, 0.5) is 21.6 Å². The molecular weight excluding hydrogens is 638 g/mol. The number of pyridine rings is 1. The third-order valence-corrected chi connectivity index (χ3v) is 12.6. The number of nitrogens with zero attached hydrogens (tertiary/aromatic N) is 4. The Kier molecular flexibility index (Phi) is 9.01. The maximum Gasteiger partial charge on any atom is 0.265 e. The number of anilines is 3. The van der Waals surface area contributed by atoms with Crippen molar-refractivity contribution in [1.82, 2.24) is 9.29 Å². The highest BCUT2D eigenvalue weighted by molar-refractivity contribution is 7.90. The van der Waals surface area contributed by atoms with Gasteiger partial charge in [0.2, 0.25) is 10.0 Å². The molecule has 9 nitrogen and oxygen atoms in total. The zero-order valence-corrected chi connectivity index (χ0v) is 28.0. The lowest BCUT2D eigenvalue weighted by Crippen LogP contribution is -2.37. The molecular formula is C35H38FN5O4S2. The SMILES string of the molecule is Cc1cccc(F)c1NC(=O)c1cc2c(s1)-c1ccccc1N(COCc1cccc(N3CCCN(S(=O)(=O)C4CC4)CC3)n1)CC2. The summed E-state index contributed by atoms with van der Waals surface area (Å²) < 4.78 is 47.8. The summed E-state index contributed by atoms with van der Waals surface area (Å²) in [4.78, 5) is 24.0. The minimum atomic E-state index is -3.18. The van der Waals surface area contributed by atoms with Crippen LogP contribution in [0.15, 0.2) is 66.7 Å². The predicted octanol–water partition coefficient (Wildman–Crippen LogP) is 6.05. The Morgan fingerprint density at radius 1 is 1.02 bits per heavy atom. The van der Waals surface area contributed by atoms with E-state index in [-0.39, 0.29) is 16.8 Å². The normalized spacial score (nSPS) is 17.1. The predicted molar refractivity (Wildman–Crippen MR) is 184 cm³/mol. The molecule has 47 heavy (non-hydrogen) atoms. The van der Waals surface area contributed by atoms with Crippen molar-refractivity contribution in [1.29, 1.82) is 0 Å². The van der Waals surface area contributed by atoms with E-state index < -0.39 is 15.8 Å². The van der Waals surface area contributed by atoms with Crippen LogP contribution in [0.2, 0.25) is 0 Å². The summed E-state index contributed by atoms with van der Waals surface area (Å²) in [6.07, 6.45) is 3.06. The topological polar surface area (TPSA) is 95.1 Å². The summed E-state index contributed by atoms with van der Waals surface area (Å²) in [6.45, 7) is 5.60. The number of rotatable bonds is 9. The van der Waals surface area contributed by atoms with Gasteiger partial charge in [0.1, 0.15) is 18.4 Å². The smallest absolute Gasteiger partial charge is 0.265 e. The summed E-state index contributed by atoms with van der Waals surface area (Å²) >= 11 is 1.42. The molecule has 7 rings (SSSR count). The molecule has 0 spiro atoms. The van der Waals surface area contributed by atoms with Crippen LogP contribution >= 0.6 is 11.3 Å².